The molecule has 0 saturated carbocycles. The summed E-state index contributed by atoms with van der Waals surface area (Å²) in [6.07, 6.45) is 4.42. The van der Waals surface area contributed by atoms with E-state index in [2.05, 4.69) is 16.9 Å². The Kier molecular flexibility index (Phi) is 3.05. The quantitative estimate of drug-likeness (QED) is 0.710. The Bertz CT molecular complexity index is 276. The minimum Gasteiger partial charge on any atom is -0.392 e. The molecule has 0 unspecified atom stereocenters. The van der Waals surface area contributed by atoms with Crippen molar-refractivity contribution in [3.63, 3.8) is 0 Å². The first-order valence-corrected chi connectivity index (χ1v) is 4.10. The summed E-state index contributed by atoms with van der Waals surface area (Å²) in [5.41, 5.74) is 1.97. The Balaban J connectivity index is 2.84. The lowest BCUT2D eigenvalue weighted by Crippen LogP contribution is -1.81. The van der Waals surface area contributed by atoms with Crippen LogP contribution in [0.2, 0.25) is 0 Å². The third-order valence-corrected chi connectivity index (χ3v) is 1.69. The van der Waals surface area contributed by atoms with Crippen LogP contribution in [0.15, 0.2) is 6.08 Å². The van der Waals surface area contributed by atoms with Crippen molar-refractivity contribution in [2.24, 2.45) is 0 Å². The lowest BCUT2D eigenvalue weighted by molar-refractivity contribution is 0.343. The van der Waals surface area contributed by atoms with E-state index in [-0.39, 0.29) is 6.61 Å². The number of aromatic nitrogens is 2. The highest BCUT2D eigenvalue weighted by atomic mass is 16.2. The van der Waals surface area contributed by atoms with Crippen molar-refractivity contribution in [1.82, 2.24) is 9.97 Å². The highest BCUT2D eigenvalue weighted by molar-refractivity contribution is 5.47. The molecule has 1 rings (SSSR count). The van der Waals surface area contributed by atoms with Gasteiger partial charge in [-0.25, -0.2) is 4.98 Å². The summed E-state index contributed by atoms with van der Waals surface area (Å²) in [4.78, 5) is 7.47. The fourth-order valence-corrected chi connectivity index (χ4v) is 1.03. The van der Waals surface area contributed by atoms with Gasteiger partial charge in [0.15, 0.2) is 0 Å². The smallest absolute Gasteiger partial charge is 0.106 e. The minimum atomic E-state index is 0.0633. The maximum absolute atomic E-state index is 8.56. The van der Waals surface area contributed by atoms with E-state index in [1.807, 2.05) is 13.0 Å². The monoisotopic (exact) mass is 166 g/mol. The summed E-state index contributed by atoms with van der Waals surface area (Å²) in [5.74, 6) is 0.991. The van der Waals surface area contributed by atoms with Gasteiger partial charge >= 0.3 is 0 Å². The molecular weight excluding hydrogens is 152 g/mol. The number of aliphatic hydroxyl groups excluding tert-OH is 1. The van der Waals surface area contributed by atoms with Crippen molar-refractivity contribution in [3.05, 3.63) is 23.3 Å². The van der Waals surface area contributed by atoms with Crippen LogP contribution in [-0.2, 0) is 6.42 Å². The highest BCUT2D eigenvalue weighted by Crippen LogP contribution is 2.06. The van der Waals surface area contributed by atoms with Crippen molar-refractivity contribution >= 4 is 6.08 Å². The molecule has 1 heterocycles. The Morgan fingerprint density at radius 1 is 1.58 bits per heavy atom. The fraction of sp³-hybridized carbons (Fsp3) is 0.444. The zero-order chi connectivity index (χ0) is 8.97. The SMILES string of the molecule is CCc1nc(C=CCO)c(C)[nH]1. The van der Waals surface area contributed by atoms with Gasteiger partial charge in [-0.2, -0.15) is 0 Å². The minimum absolute atomic E-state index is 0.0633. The molecular formula is C9H14N2O. The molecule has 1 aromatic heterocycles. The number of rotatable bonds is 3. The largest absolute Gasteiger partial charge is 0.392 e. The van der Waals surface area contributed by atoms with Crippen molar-refractivity contribution in [1.29, 1.82) is 0 Å². The fourth-order valence-electron chi connectivity index (χ4n) is 1.03. The summed E-state index contributed by atoms with van der Waals surface area (Å²) in [6.45, 7) is 4.09. The van der Waals surface area contributed by atoms with Gasteiger partial charge < -0.3 is 10.1 Å². The third-order valence-electron chi connectivity index (χ3n) is 1.69. The van der Waals surface area contributed by atoms with Gasteiger partial charge in [0.1, 0.15) is 5.82 Å². The van der Waals surface area contributed by atoms with E-state index in [0.29, 0.717) is 0 Å². The van der Waals surface area contributed by atoms with Gasteiger partial charge in [0, 0.05) is 12.1 Å². The number of hydrogen-bond donors (Lipinski definition) is 2. The standard InChI is InChI=1S/C9H14N2O/c1-3-9-10-7(2)8(11-9)5-4-6-12/h4-5,12H,3,6H2,1-2H3,(H,10,11). The van der Waals surface area contributed by atoms with Gasteiger partial charge in [-0.15, -0.1) is 0 Å². The molecule has 66 valence electrons. The van der Waals surface area contributed by atoms with Crippen LogP contribution in [0.25, 0.3) is 6.08 Å². The normalized spacial score (nSPS) is 11.2. The molecule has 12 heavy (non-hydrogen) atoms. The van der Waals surface area contributed by atoms with Gasteiger partial charge in [-0.3, -0.25) is 0 Å². The Hall–Kier alpha value is -1.09. The van der Waals surface area contributed by atoms with Crippen LogP contribution in [0.1, 0.15) is 24.1 Å². The number of hydrogen-bond acceptors (Lipinski definition) is 2. The molecule has 0 atom stereocenters. The van der Waals surface area contributed by atoms with Crippen LogP contribution in [0.4, 0.5) is 0 Å². The second kappa shape index (κ2) is 4.07. The molecule has 0 aliphatic heterocycles. The number of aliphatic hydroxyl groups is 1. The molecule has 0 fully saturated rings. The van der Waals surface area contributed by atoms with E-state index in [9.17, 15) is 0 Å². The first-order valence-electron chi connectivity index (χ1n) is 4.10. The van der Waals surface area contributed by atoms with Crippen molar-refractivity contribution in [2.45, 2.75) is 20.3 Å². The number of nitrogens with zero attached hydrogens (tertiary/aromatic N) is 1. The van der Waals surface area contributed by atoms with Crippen molar-refractivity contribution in [2.75, 3.05) is 6.61 Å². The Labute approximate surface area is 72.2 Å². The molecule has 2 N–H and O–H groups in total. The van der Waals surface area contributed by atoms with Gasteiger partial charge in [-0.05, 0) is 13.0 Å². The van der Waals surface area contributed by atoms with E-state index in [4.69, 9.17) is 5.11 Å². The third kappa shape index (κ3) is 1.95. The number of aryl methyl sites for hydroxylation is 2. The molecule has 0 amide bonds. The molecule has 0 aliphatic rings. The van der Waals surface area contributed by atoms with Crippen LogP contribution in [0.3, 0.4) is 0 Å². The molecule has 0 spiro atoms. The summed E-state index contributed by atoms with van der Waals surface area (Å²) in [7, 11) is 0. The van der Waals surface area contributed by atoms with Gasteiger partial charge in [-0.1, -0.05) is 13.0 Å². The van der Waals surface area contributed by atoms with Crippen LogP contribution in [0, 0.1) is 6.92 Å². The maximum atomic E-state index is 8.56. The topological polar surface area (TPSA) is 48.9 Å². The van der Waals surface area contributed by atoms with Crippen molar-refractivity contribution < 1.29 is 5.11 Å². The molecule has 0 bridgehead atoms. The molecule has 3 heteroatoms. The second-order valence-electron chi connectivity index (χ2n) is 2.63. The summed E-state index contributed by atoms with van der Waals surface area (Å²) >= 11 is 0. The molecule has 0 aromatic carbocycles. The molecule has 3 nitrogen and oxygen atoms in total. The predicted molar refractivity (Wildman–Crippen MR) is 48.8 cm³/mol. The lowest BCUT2D eigenvalue weighted by Gasteiger charge is -1.85. The van der Waals surface area contributed by atoms with E-state index < -0.39 is 0 Å². The number of aromatic amines is 1. The molecule has 1 aromatic rings. The zero-order valence-corrected chi connectivity index (χ0v) is 7.46. The Morgan fingerprint density at radius 3 is 2.83 bits per heavy atom. The van der Waals surface area contributed by atoms with E-state index in [0.717, 1.165) is 23.6 Å². The van der Waals surface area contributed by atoms with Crippen LogP contribution >= 0.6 is 0 Å². The second-order valence-corrected chi connectivity index (χ2v) is 2.63. The number of H-pyrrole nitrogens is 1. The Morgan fingerprint density at radius 2 is 2.33 bits per heavy atom. The van der Waals surface area contributed by atoms with E-state index in [1.165, 1.54) is 0 Å². The zero-order valence-electron chi connectivity index (χ0n) is 7.46. The maximum Gasteiger partial charge on any atom is 0.106 e. The average Bonchev–Trinajstić information content (AvgIpc) is 2.43. The van der Waals surface area contributed by atoms with E-state index in [1.54, 1.807) is 6.08 Å². The van der Waals surface area contributed by atoms with Crippen LogP contribution in [0.5, 0.6) is 0 Å². The first-order chi connectivity index (χ1) is 5.77. The van der Waals surface area contributed by atoms with Gasteiger partial charge in [0.25, 0.3) is 0 Å². The highest BCUT2D eigenvalue weighted by Gasteiger charge is 2.00. The number of nitrogens with one attached hydrogen (secondary N) is 1. The van der Waals surface area contributed by atoms with Gasteiger partial charge in [0.2, 0.25) is 0 Å². The average molecular weight is 166 g/mol. The lowest BCUT2D eigenvalue weighted by atomic mass is 10.3. The first kappa shape index (κ1) is 9.00. The van der Waals surface area contributed by atoms with E-state index >= 15 is 0 Å². The van der Waals surface area contributed by atoms with Crippen molar-refractivity contribution in [3.8, 4) is 0 Å². The van der Waals surface area contributed by atoms with Crippen LogP contribution in [-0.4, -0.2) is 21.7 Å². The molecule has 0 aliphatic carbocycles. The predicted octanol–water partition coefficient (Wildman–Crippen LogP) is 1.29. The summed E-state index contributed by atoms with van der Waals surface area (Å²) in [6, 6.07) is 0. The van der Waals surface area contributed by atoms with Crippen LogP contribution < -0.4 is 0 Å². The molecule has 0 radical (unpaired) electrons. The molecule has 0 saturated heterocycles. The summed E-state index contributed by atoms with van der Waals surface area (Å²) in [5, 5.41) is 8.56. The van der Waals surface area contributed by atoms with Gasteiger partial charge in [0.05, 0.1) is 12.3 Å². The number of imidazole rings is 1. The summed E-state index contributed by atoms with van der Waals surface area (Å²) < 4.78 is 0.